The molecular formula is C24H22F2N4O. The van der Waals surface area contributed by atoms with Crippen LogP contribution in [-0.4, -0.2) is 42.3 Å². The monoisotopic (exact) mass is 420 g/mol. The van der Waals surface area contributed by atoms with Gasteiger partial charge in [-0.2, -0.15) is 0 Å². The van der Waals surface area contributed by atoms with Gasteiger partial charge in [-0.1, -0.05) is 6.07 Å². The van der Waals surface area contributed by atoms with Crippen LogP contribution in [0.25, 0.3) is 33.4 Å². The first kappa shape index (κ1) is 20.8. The predicted octanol–water partition coefficient (Wildman–Crippen LogP) is 5.11. The number of aromatic nitrogens is 3. The van der Waals surface area contributed by atoms with E-state index in [9.17, 15) is 8.78 Å². The summed E-state index contributed by atoms with van der Waals surface area (Å²) in [5.41, 5.74) is 2.50. The Bertz CT molecular complexity index is 1200. The van der Waals surface area contributed by atoms with E-state index in [4.69, 9.17) is 14.7 Å². The van der Waals surface area contributed by atoms with Gasteiger partial charge >= 0.3 is 0 Å². The highest BCUT2D eigenvalue weighted by Gasteiger charge is 2.15. The van der Waals surface area contributed by atoms with Gasteiger partial charge in [-0.25, -0.2) is 18.7 Å². The van der Waals surface area contributed by atoms with Gasteiger partial charge in [0, 0.05) is 62.3 Å². The van der Waals surface area contributed by atoms with Crippen LogP contribution in [0, 0.1) is 11.6 Å². The van der Waals surface area contributed by atoms with Gasteiger partial charge in [-0.05, 0) is 48.4 Å². The molecular weight excluding hydrogens is 398 g/mol. The molecule has 2 aromatic heterocycles. The molecule has 0 atom stereocenters. The third kappa shape index (κ3) is 4.51. The number of nitrogens with zero attached hydrogens (tertiary/aromatic N) is 4. The molecule has 0 spiro atoms. The number of hydrogen-bond acceptors (Lipinski definition) is 5. The molecule has 0 aliphatic heterocycles. The Labute approximate surface area is 179 Å². The van der Waals surface area contributed by atoms with Gasteiger partial charge in [0.2, 0.25) is 0 Å². The Morgan fingerprint density at radius 1 is 1.00 bits per heavy atom. The molecule has 5 nitrogen and oxygen atoms in total. The van der Waals surface area contributed by atoms with Crippen LogP contribution in [-0.2, 0) is 4.74 Å². The average molecular weight is 420 g/mol. The molecule has 0 saturated heterocycles. The first-order valence-electron chi connectivity index (χ1n) is 9.94. The van der Waals surface area contributed by atoms with Crippen molar-refractivity contribution < 1.29 is 13.5 Å². The minimum absolute atomic E-state index is 0.327. The highest BCUT2D eigenvalue weighted by molar-refractivity contribution is 5.94. The fourth-order valence-electron chi connectivity index (χ4n) is 3.47. The van der Waals surface area contributed by atoms with Crippen LogP contribution >= 0.6 is 0 Å². The zero-order chi connectivity index (χ0) is 21.8. The van der Waals surface area contributed by atoms with Crippen molar-refractivity contribution in [2.75, 3.05) is 32.2 Å². The van der Waals surface area contributed by atoms with Crippen LogP contribution in [0.5, 0.6) is 0 Å². The summed E-state index contributed by atoms with van der Waals surface area (Å²) in [4.78, 5) is 15.7. The van der Waals surface area contributed by atoms with Gasteiger partial charge in [0.15, 0.2) is 5.82 Å². The Morgan fingerprint density at radius 2 is 1.87 bits per heavy atom. The summed E-state index contributed by atoms with van der Waals surface area (Å²) in [6, 6.07) is 12.8. The molecule has 0 aliphatic carbocycles. The van der Waals surface area contributed by atoms with Crippen molar-refractivity contribution in [1.82, 2.24) is 15.0 Å². The topological polar surface area (TPSA) is 51.1 Å². The Kier molecular flexibility index (Phi) is 6.13. The van der Waals surface area contributed by atoms with Crippen LogP contribution in [0.4, 0.5) is 14.6 Å². The van der Waals surface area contributed by atoms with Crippen molar-refractivity contribution in [1.29, 1.82) is 0 Å². The van der Waals surface area contributed by atoms with Gasteiger partial charge in [0.05, 0.1) is 5.52 Å². The number of pyridine rings is 1. The molecule has 0 bridgehead atoms. The Morgan fingerprint density at radius 3 is 2.61 bits per heavy atom. The van der Waals surface area contributed by atoms with Crippen molar-refractivity contribution in [3.05, 3.63) is 72.6 Å². The summed E-state index contributed by atoms with van der Waals surface area (Å²) < 4.78 is 32.9. The maximum absolute atomic E-state index is 14.4. The first-order valence-corrected chi connectivity index (χ1v) is 9.94. The minimum atomic E-state index is -0.609. The summed E-state index contributed by atoms with van der Waals surface area (Å²) in [6.07, 6.45) is 4.25. The summed E-state index contributed by atoms with van der Waals surface area (Å²) in [5, 5.41) is 0.786. The zero-order valence-corrected chi connectivity index (χ0v) is 17.3. The van der Waals surface area contributed by atoms with E-state index >= 15 is 0 Å². The van der Waals surface area contributed by atoms with Crippen LogP contribution in [0.15, 0.2) is 60.9 Å². The Hall–Kier alpha value is -3.45. The second-order valence-corrected chi connectivity index (χ2v) is 7.24. The van der Waals surface area contributed by atoms with Crippen LogP contribution in [0.1, 0.15) is 6.42 Å². The average Bonchev–Trinajstić information content (AvgIpc) is 2.79. The molecule has 31 heavy (non-hydrogen) atoms. The standard InChI is InChI=1S/C24H22F2N4O/c1-30(11-4-12-31-2)24-20-13-16(19-8-7-18(25)14-21(19)26)6-9-22(20)28-23(29-24)17-5-3-10-27-15-17/h3,5-10,13-15H,4,11-12H2,1-2H3. The van der Waals surface area contributed by atoms with Gasteiger partial charge in [-0.3, -0.25) is 4.98 Å². The van der Waals surface area contributed by atoms with E-state index in [2.05, 4.69) is 4.98 Å². The lowest BCUT2D eigenvalue weighted by molar-refractivity contribution is 0.196. The molecule has 0 saturated carbocycles. The van der Waals surface area contributed by atoms with E-state index in [0.29, 0.717) is 23.6 Å². The fraction of sp³-hybridized carbons (Fsp3) is 0.208. The van der Waals surface area contributed by atoms with Crippen molar-refractivity contribution in [2.45, 2.75) is 6.42 Å². The van der Waals surface area contributed by atoms with Crippen molar-refractivity contribution >= 4 is 16.7 Å². The number of methoxy groups -OCH3 is 1. The molecule has 0 radical (unpaired) electrons. The lowest BCUT2D eigenvalue weighted by Crippen LogP contribution is -2.21. The molecule has 0 amide bonds. The molecule has 4 rings (SSSR count). The van der Waals surface area contributed by atoms with Crippen molar-refractivity contribution in [3.8, 4) is 22.5 Å². The van der Waals surface area contributed by atoms with Crippen molar-refractivity contribution in [3.63, 3.8) is 0 Å². The molecule has 0 N–H and O–H groups in total. The van der Waals surface area contributed by atoms with Gasteiger partial charge in [0.1, 0.15) is 17.5 Å². The summed E-state index contributed by atoms with van der Waals surface area (Å²) in [7, 11) is 3.62. The Balaban J connectivity index is 1.85. The second-order valence-electron chi connectivity index (χ2n) is 7.24. The van der Waals surface area contributed by atoms with E-state index in [1.807, 2.05) is 36.2 Å². The first-order chi connectivity index (χ1) is 15.1. The highest BCUT2D eigenvalue weighted by atomic mass is 19.1. The van der Waals surface area contributed by atoms with E-state index in [1.54, 1.807) is 25.6 Å². The summed E-state index contributed by atoms with van der Waals surface area (Å²) in [5.74, 6) is 0.0755. The largest absolute Gasteiger partial charge is 0.385 e. The fourth-order valence-corrected chi connectivity index (χ4v) is 3.47. The second kappa shape index (κ2) is 9.14. The van der Waals surface area contributed by atoms with Gasteiger partial charge < -0.3 is 9.64 Å². The smallest absolute Gasteiger partial charge is 0.163 e. The minimum Gasteiger partial charge on any atom is -0.385 e. The molecule has 2 heterocycles. The number of fused-ring (bicyclic) bond motifs is 1. The van der Waals surface area contributed by atoms with Crippen molar-refractivity contribution in [2.24, 2.45) is 0 Å². The lowest BCUT2D eigenvalue weighted by atomic mass is 10.0. The normalized spacial score (nSPS) is 11.1. The molecule has 158 valence electrons. The number of hydrogen-bond donors (Lipinski definition) is 0. The molecule has 0 aliphatic rings. The van der Waals surface area contributed by atoms with E-state index in [-0.39, 0.29) is 0 Å². The summed E-state index contributed by atoms with van der Waals surface area (Å²) in [6.45, 7) is 1.36. The lowest BCUT2D eigenvalue weighted by Gasteiger charge is -2.21. The quantitative estimate of drug-likeness (QED) is 0.389. The number of rotatable bonds is 7. The van der Waals surface area contributed by atoms with Gasteiger partial charge in [0.25, 0.3) is 0 Å². The predicted molar refractivity (Wildman–Crippen MR) is 118 cm³/mol. The molecule has 0 fully saturated rings. The van der Waals surface area contributed by atoms with Crippen LogP contribution in [0.2, 0.25) is 0 Å². The highest BCUT2D eigenvalue weighted by Crippen LogP contribution is 2.32. The summed E-state index contributed by atoms with van der Waals surface area (Å²) >= 11 is 0. The number of ether oxygens (including phenoxy) is 1. The molecule has 2 aromatic carbocycles. The number of benzene rings is 2. The molecule has 7 heteroatoms. The van der Waals surface area contributed by atoms with E-state index in [1.165, 1.54) is 12.1 Å². The van der Waals surface area contributed by atoms with Gasteiger partial charge in [-0.15, -0.1) is 0 Å². The number of anilines is 1. The maximum atomic E-state index is 14.4. The maximum Gasteiger partial charge on any atom is 0.163 e. The molecule has 4 aromatic rings. The van der Waals surface area contributed by atoms with E-state index in [0.717, 1.165) is 41.3 Å². The third-order valence-electron chi connectivity index (χ3n) is 5.04. The zero-order valence-electron chi connectivity index (χ0n) is 17.3. The van der Waals surface area contributed by atoms with Crippen LogP contribution in [0.3, 0.4) is 0 Å². The molecule has 0 unspecified atom stereocenters. The van der Waals surface area contributed by atoms with Crippen LogP contribution < -0.4 is 4.90 Å². The van der Waals surface area contributed by atoms with E-state index < -0.39 is 11.6 Å². The third-order valence-corrected chi connectivity index (χ3v) is 5.04. The SMILES string of the molecule is COCCCN(C)c1nc(-c2cccnc2)nc2ccc(-c3ccc(F)cc3F)cc12. The number of halogens is 2.